The van der Waals surface area contributed by atoms with Crippen LogP contribution in [0.4, 0.5) is 5.69 Å². The highest BCUT2D eigenvalue weighted by Crippen LogP contribution is 2.14. The first-order valence-electron chi connectivity index (χ1n) is 6.48. The van der Waals surface area contributed by atoms with Crippen LogP contribution in [0.15, 0.2) is 24.3 Å². The van der Waals surface area contributed by atoms with Crippen LogP contribution in [-0.2, 0) is 11.3 Å². The van der Waals surface area contributed by atoms with Crippen molar-refractivity contribution < 1.29 is 4.79 Å². The third-order valence-electron chi connectivity index (χ3n) is 2.91. The summed E-state index contributed by atoms with van der Waals surface area (Å²) < 4.78 is 0. The maximum Gasteiger partial charge on any atom is 0.224 e. The molecule has 0 atom stereocenters. The average molecular weight is 263 g/mol. The molecule has 2 N–H and O–H groups in total. The second-order valence-electron chi connectivity index (χ2n) is 5.98. The lowest BCUT2D eigenvalue weighted by atomic mass is 10.0. The highest BCUT2D eigenvalue weighted by molar-refractivity contribution is 5.77. The largest absolute Gasteiger partial charge is 0.378 e. The third kappa shape index (κ3) is 5.30. The summed E-state index contributed by atoms with van der Waals surface area (Å²) in [5.74, 6) is 0.0733. The molecule has 19 heavy (non-hydrogen) atoms. The van der Waals surface area contributed by atoms with Crippen molar-refractivity contribution in [3.05, 3.63) is 29.8 Å². The summed E-state index contributed by atoms with van der Waals surface area (Å²) in [4.78, 5) is 15.7. The number of nitrogens with two attached hydrogens (primary N) is 1. The zero-order valence-electron chi connectivity index (χ0n) is 12.6. The van der Waals surface area contributed by atoms with Crippen LogP contribution in [0, 0.1) is 0 Å². The van der Waals surface area contributed by atoms with Gasteiger partial charge in [-0.1, -0.05) is 12.1 Å². The molecule has 0 aliphatic heterocycles. The Kier molecular flexibility index (Phi) is 4.95. The molecule has 106 valence electrons. The van der Waals surface area contributed by atoms with Crippen LogP contribution in [0.25, 0.3) is 0 Å². The van der Waals surface area contributed by atoms with Gasteiger partial charge in [0, 0.05) is 45.3 Å². The van der Waals surface area contributed by atoms with Crippen LogP contribution in [0.3, 0.4) is 0 Å². The van der Waals surface area contributed by atoms with Gasteiger partial charge in [0.15, 0.2) is 0 Å². The number of carbonyl (C=O) groups is 1. The van der Waals surface area contributed by atoms with E-state index in [1.165, 1.54) is 0 Å². The second-order valence-corrected chi connectivity index (χ2v) is 5.98. The molecule has 4 nitrogen and oxygen atoms in total. The number of carbonyl (C=O) groups excluding carboxylic acids is 1. The fourth-order valence-corrected chi connectivity index (χ4v) is 1.79. The number of anilines is 1. The van der Waals surface area contributed by atoms with E-state index in [-0.39, 0.29) is 5.91 Å². The molecular formula is C15H25N3O. The standard InChI is InChI=1S/C15H25N3O/c1-15(2,16)10-14(19)18(5)11-12-6-8-13(9-7-12)17(3)4/h6-9H,10-11,16H2,1-5H3. The first-order valence-corrected chi connectivity index (χ1v) is 6.48. The molecule has 0 saturated heterocycles. The second kappa shape index (κ2) is 6.06. The van der Waals surface area contributed by atoms with Crippen molar-refractivity contribution >= 4 is 11.6 Å². The van der Waals surface area contributed by atoms with E-state index in [0.717, 1.165) is 11.3 Å². The normalized spacial score (nSPS) is 11.3. The predicted molar refractivity (Wildman–Crippen MR) is 80.1 cm³/mol. The minimum Gasteiger partial charge on any atom is -0.378 e. The van der Waals surface area contributed by atoms with Crippen LogP contribution in [0.5, 0.6) is 0 Å². The molecule has 1 aromatic carbocycles. The van der Waals surface area contributed by atoms with Crippen molar-refractivity contribution in [3.63, 3.8) is 0 Å². The maximum absolute atomic E-state index is 12.0. The lowest BCUT2D eigenvalue weighted by Crippen LogP contribution is -2.39. The van der Waals surface area contributed by atoms with Gasteiger partial charge in [-0.2, -0.15) is 0 Å². The molecule has 0 fully saturated rings. The molecule has 1 aromatic rings. The Morgan fingerprint density at radius 1 is 1.16 bits per heavy atom. The topological polar surface area (TPSA) is 49.6 Å². The van der Waals surface area contributed by atoms with Gasteiger partial charge in [0.1, 0.15) is 0 Å². The van der Waals surface area contributed by atoms with Crippen LogP contribution in [-0.4, -0.2) is 37.5 Å². The van der Waals surface area contributed by atoms with Crippen LogP contribution in [0.2, 0.25) is 0 Å². The molecule has 0 aliphatic carbocycles. The van der Waals surface area contributed by atoms with Crippen molar-refractivity contribution in [1.82, 2.24) is 4.90 Å². The van der Waals surface area contributed by atoms with E-state index in [1.807, 2.05) is 47.1 Å². The number of rotatable bonds is 5. The van der Waals surface area contributed by atoms with Gasteiger partial charge in [-0.3, -0.25) is 4.79 Å². The van der Waals surface area contributed by atoms with Gasteiger partial charge in [0.25, 0.3) is 0 Å². The number of hydrogen-bond acceptors (Lipinski definition) is 3. The smallest absolute Gasteiger partial charge is 0.224 e. The molecule has 0 bridgehead atoms. The van der Waals surface area contributed by atoms with Gasteiger partial charge in [-0.25, -0.2) is 0 Å². The van der Waals surface area contributed by atoms with Crippen molar-refractivity contribution in [2.75, 3.05) is 26.0 Å². The van der Waals surface area contributed by atoms with Crippen LogP contribution >= 0.6 is 0 Å². The molecular weight excluding hydrogens is 238 g/mol. The summed E-state index contributed by atoms with van der Waals surface area (Å²) in [6.45, 7) is 4.35. The van der Waals surface area contributed by atoms with Crippen molar-refractivity contribution in [2.24, 2.45) is 5.73 Å². The average Bonchev–Trinajstić information content (AvgIpc) is 2.27. The van der Waals surface area contributed by atoms with Gasteiger partial charge in [-0.15, -0.1) is 0 Å². The first-order chi connectivity index (χ1) is 8.69. The van der Waals surface area contributed by atoms with Crippen molar-refractivity contribution in [3.8, 4) is 0 Å². The van der Waals surface area contributed by atoms with Gasteiger partial charge in [0.05, 0.1) is 0 Å². The van der Waals surface area contributed by atoms with Gasteiger partial charge >= 0.3 is 0 Å². The van der Waals surface area contributed by atoms with E-state index in [4.69, 9.17) is 5.73 Å². The molecule has 1 amide bonds. The molecule has 0 saturated carbocycles. The molecule has 0 unspecified atom stereocenters. The lowest BCUT2D eigenvalue weighted by molar-refractivity contribution is -0.131. The Bertz CT molecular complexity index is 418. The van der Waals surface area contributed by atoms with Gasteiger partial charge < -0.3 is 15.5 Å². The Labute approximate surface area is 116 Å². The number of hydrogen-bond donors (Lipinski definition) is 1. The van der Waals surface area contributed by atoms with E-state index in [0.29, 0.717) is 13.0 Å². The van der Waals surface area contributed by atoms with E-state index >= 15 is 0 Å². The summed E-state index contributed by atoms with van der Waals surface area (Å²) in [6.07, 6.45) is 0.360. The molecule has 0 spiro atoms. The summed E-state index contributed by atoms with van der Waals surface area (Å²) in [5, 5.41) is 0. The summed E-state index contributed by atoms with van der Waals surface area (Å²) in [7, 11) is 5.83. The fraction of sp³-hybridized carbons (Fsp3) is 0.533. The van der Waals surface area contributed by atoms with E-state index < -0.39 is 5.54 Å². The summed E-state index contributed by atoms with van der Waals surface area (Å²) >= 11 is 0. The Hall–Kier alpha value is -1.55. The van der Waals surface area contributed by atoms with Crippen LogP contribution in [0.1, 0.15) is 25.8 Å². The van der Waals surface area contributed by atoms with Crippen LogP contribution < -0.4 is 10.6 Å². The van der Waals surface area contributed by atoms with E-state index in [1.54, 1.807) is 4.90 Å². The third-order valence-corrected chi connectivity index (χ3v) is 2.91. The zero-order chi connectivity index (χ0) is 14.6. The molecule has 0 aromatic heterocycles. The number of nitrogens with zero attached hydrogens (tertiary/aromatic N) is 2. The molecule has 4 heteroatoms. The summed E-state index contributed by atoms with van der Waals surface area (Å²) in [5.41, 5.74) is 7.68. The maximum atomic E-state index is 12.0. The first kappa shape index (κ1) is 15.5. The molecule has 0 heterocycles. The highest BCUT2D eigenvalue weighted by Gasteiger charge is 2.19. The predicted octanol–water partition coefficient (Wildman–Crippen LogP) is 1.84. The Morgan fingerprint density at radius 3 is 2.11 bits per heavy atom. The Balaban J connectivity index is 2.61. The number of benzene rings is 1. The van der Waals surface area contributed by atoms with Gasteiger partial charge in [-0.05, 0) is 31.5 Å². The van der Waals surface area contributed by atoms with Gasteiger partial charge in [0.2, 0.25) is 5.91 Å². The quantitative estimate of drug-likeness (QED) is 0.882. The van der Waals surface area contributed by atoms with E-state index in [9.17, 15) is 4.79 Å². The monoisotopic (exact) mass is 263 g/mol. The fourth-order valence-electron chi connectivity index (χ4n) is 1.79. The van der Waals surface area contributed by atoms with Crippen molar-refractivity contribution in [2.45, 2.75) is 32.4 Å². The molecule has 0 radical (unpaired) electrons. The Morgan fingerprint density at radius 2 is 1.68 bits per heavy atom. The van der Waals surface area contributed by atoms with E-state index in [2.05, 4.69) is 17.0 Å². The van der Waals surface area contributed by atoms with Crippen molar-refractivity contribution in [1.29, 1.82) is 0 Å². The highest BCUT2D eigenvalue weighted by atomic mass is 16.2. The SMILES string of the molecule is CN(Cc1ccc(N(C)C)cc1)C(=O)CC(C)(C)N. The minimum absolute atomic E-state index is 0.0733. The summed E-state index contributed by atoms with van der Waals surface area (Å²) in [6, 6.07) is 8.21. The molecule has 1 rings (SSSR count). The molecule has 0 aliphatic rings. The minimum atomic E-state index is -0.458. The zero-order valence-corrected chi connectivity index (χ0v) is 12.6. The lowest BCUT2D eigenvalue weighted by Gasteiger charge is -2.23. The number of amides is 1.